The Morgan fingerprint density at radius 3 is 2.50 bits per heavy atom. The largest absolute Gasteiger partial charge is 0.497 e. The zero-order valence-corrected chi connectivity index (χ0v) is 13.0. The first-order valence-corrected chi connectivity index (χ1v) is 7.81. The van der Waals surface area contributed by atoms with Crippen molar-refractivity contribution >= 4 is 33.7 Å². The van der Waals surface area contributed by atoms with E-state index in [1.807, 2.05) is 12.1 Å². The molecule has 2 aromatic carbocycles. The maximum Gasteiger partial charge on any atom is 0.119 e. The maximum atomic E-state index is 6.62. The van der Waals surface area contributed by atoms with E-state index in [1.54, 1.807) is 18.4 Å². The summed E-state index contributed by atoms with van der Waals surface area (Å²) >= 11 is 8.32. The predicted octanol–water partition coefficient (Wildman–Crippen LogP) is 5.55. The average Bonchev–Trinajstić information content (AvgIpc) is 2.91. The number of ether oxygens (including phenoxy) is 1. The van der Waals surface area contributed by atoms with Crippen molar-refractivity contribution in [3.8, 4) is 5.75 Å². The summed E-state index contributed by atoms with van der Waals surface area (Å²) in [6.45, 7) is 2.10. The molecule has 1 heterocycles. The van der Waals surface area contributed by atoms with E-state index in [1.165, 1.54) is 21.9 Å². The SMILES string of the molecule is COc1ccc2cc(C(Cl)c3cscc3C)ccc2c1. The minimum Gasteiger partial charge on any atom is -0.497 e. The van der Waals surface area contributed by atoms with Gasteiger partial charge in [-0.25, -0.2) is 0 Å². The minimum absolute atomic E-state index is 0.0900. The van der Waals surface area contributed by atoms with Crippen LogP contribution in [0.1, 0.15) is 22.1 Å². The van der Waals surface area contributed by atoms with Gasteiger partial charge < -0.3 is 4.74 Å². The summed E-state index contributed by atoms with van der Waals surface area (Å²) in [5.74, 6) is 0.876. The van der Waals surface area contributed by atoms with Gasteiger partial charge in [0.25, 0.3) is 0 Å². The van der Waals surface area contributed by atoms with Crippen LogP contribution in [0.5, 0.6) is 5.75 Å². The second kappa shape index (κ2) is 5.47. The van der Waals surface area contributed by atoms with E-state index in [0.717, 1.165) is 11.3 Å². The molecule has 20 heavy (non-hydrogen) atoms. The monoisotopic (exact) mass is 302 g/mol. The minimum atomic E-state index is -0.0900. The molecule has 1 nitrogen and oxygen atoms in total. The van der Waals surface area contributed by atoms with Crippen molar-refractivity contribution in [1.82, 2.24) is 0 Å². The molecule has 0 spiro atoms. The molecule has 0 aliphatic carbocycles. The molecular weight excluding hydrogens is 288 g/mol. The van der Waals surface area contributed by atoms with Gasteiger partial charge in [0, 0.05) is 0 Å². The Morgan fingerprint density at radius 1 is 1.05 bits per heavy atom. The topological polar surface area (TPSA) is 9.23 Å². The second-order valence-electron chi connectivity index (χ2n) is 4.85. The number of methoxy groups -OCH3 is 1. The maximum absolute atomic E-state index is 6.62. The molecule has 3 rings (SSSR count). The summed E-state index contributed by atoms with van der Waals surface area (Å²) in [5, 5.41) is 6.52. The number of halogens is 1. The van der Waals surface area contributed by atoms with Crippen LogP contribution in [0.3, 0.4) is 0 Å². The summed E-state index contributed by atoms with van der Waals surface area (Å²) in [5.41, 5.74) is 3.58. The van der Waals surface area contributed by atoms with E-state index in [2.05, 4.69) is 41.9 Å². The number of fused-ring (bicyclic) bond motifs is 1. The van der Waals surface area contributed by atoms with Gasteiger partial charge in [0.1, 0.15) is 5.75 Å². The number of rotatable bonds is 3. The smallest absolute Gasteiger partial charge is 0.119 e. The molecule has 1 aromatic heterocycles. The van der Waals surface area contributed by atoms with Crippen LogP contribution in [-0.2, 0) is 0 Å². The van der Waals surface area contributed by atoms with Crippen molar-refractivity contribution in [2.45, 2.75) is 12.3 Å². The summed E-state index contributed by atoms with van der Waals surface area (Å²) in [6.07, 6.45) is 0. The molecule has 3 heteroatoms. The summed E-state index contributed by atoms with van der Waals surface area (Å²) in [4.78, 5) is 0. The highest BCUT2D eigenvalue weighted by Crippen LogP contribution is 2.34. The Kier molecular flexibility index (Phi) is 3.68. The molecule has 0 bridgehead atoms. The van der Waals surface area contributed by atoms with E-state index in [9.17, 15) is 0 Å². The summed E-state index contributed by atoms with van der Waals surface area (Å²) < 4.78 is 5.25. The van der Waals surface area contributed by atoms with Crippen LogP contribution >= 0.6 is 22.9 Å². The Balaban J connectivity index is 2.03. The average molecular weight is 303 g/mol. The third-order valence-corrected chi connectivity index (χ3v) is 4.90. The van der Waals surface area contributed by atoms with Gasteiger partial charge in [-0.05, 0) is 63.3 Å². The molecule has 0 radical (unpaired) electrons. The lowest BCUT2D eigenvalue weighted by molar-refractivity contribution is 0.415. The van der Waals surface area contributed by atoms with Gasteiger partial charge in [-0.3, -0.25) is 0 Å². The molecule has 0 aliphatic rings. The van der Waals surface area contributed by atoms with Crippen LogP contribution in [0.25, 0.3) is 10.8 Å². The van der Waals surface area contributed by atoms with Gasteiger partial charge >= 0.3 is 0 Å². The highest BCUT2D eigenvalue weighted by molar-refractivity contribution is 7.08. The lowest BCUT2D eigenvalue weighted by Gasteiger charge is -2.11. The molecule has 0 aliphatic heterocycles. The third kappa shape index (κ3) is 2.41. The number of aryl methyl sites for hydroxylation is 1. The number of benzene rings is 2. The van der Waals surface area contributed by atoms with Crippen molar-refractivity contribution in [2.24, 2.45) is 0 Å². The van der Waals surface area contributed by atoms with E-state index in [0.29, 0.717) is 0 Å². The lowest BCUT2D eigenvalue weighted by atomic mass is 10.0. The van der Waals surface area contributed by atoms with Gasteiger partial charge in [-0.2, -0.15) is 11.3 Å². The predicted molar refractivity (Wildman–Crippen MR) is 87.3 cm³/mol. The highest BCUT2D eigenvalue weighted by Gasteiger charge is 2.14. The van der Waals surface area contributed by atoms with Crippen LogP contribution in [0, 0.1) is 6.92 Å². The molecule has 0 saturated heterocycles. The highest BCUT2D eigenvalue weighted by atomic mass is 35.5. The number of alkyl halides is 1. The van der Waals surface area contributed by atoms with Gasteiger partial charge in [-0.15, -0.1) is 11.6 Å². The fourth-order valence-corrected chi connectivity index (χ4v) is 3.66. The Morgan fingerprint density at radius 2 is 1.80 bits per heavy atom. The second-order valence-corrected chi connectivity index (χ2v) is 6.03. The quantitative estimate of drug-likeness (QED) is 0.577. The first-order chi connectivity index (χ1) is 9.69. The van der Waals surface area contributed by atoms with Crippen LogP contribution in [0.2, 0.25) is 0 Å². The molecule has 0 N–H and O–H groups in total. The van der Waals surface area contributed by atoms with Crippen molar-refractivity contribution in [3.05, 3.63) is 63.8 Å². The van der Waals surface area contributed by atoms with E-state index in [-0.39, 0.29) is 5.38 Å². The molecular formula is C17H15ClOS. The zero-order chi connectivity index (χ0) is 14.1. The standard InChI is InChI=1S/C17H15ClOS/c1-11-9-20-10-16(11)17(18)14-4-3-13-8-15(19-2)6-5-12(13)7-14/h3-10,17H,1-2H3. The fraction of sp³-hybridized carbons (Fsp3) is 0.176. The Labute approximate surface area is 127 Å². The first-order valence-electron chi connectivity index (χ1n) is 6.43. The Hall–Kier alpha value is -1.51. The third-order valence-electron chi connectivity index (χ3n) is 3.53. The number of hydrogen-bond acceptors (Lipinski definition) is 2. The van der Waals surface area contributed by atoms with Gasteiger partial charge in [-0.1, -0.05) is 18.2 Å². The van der Waals surface area contributed by atoms with E-state index < -0.39 is 0 Å². The van der Waals surface area contributed by atoms with Gasteiger partial charge in [0.15, 0.2) is 0 Å². The normalized spacial score (nSPS) is 12.6. The van der Waals surface area contributed by atoms with Crippen LogP contribution in [0.15, 0.2) is 47.2 Å². The molecule has 102 valence electrons. The lowest BCUT2D eigenvalue weighted by Crippen LogP contribution is -1.93. The first kappa shape index (κ1) is 13.5. The summed E-state index contributed by atoms with van der Waals surface area (Å²) in [6, 6.07) is 12.4. The molecule has 1 atom stereocenters. The zero-order valence-electron chi connectivity index (χ0n) is 11.4. The van der Waals surface area contributed by atoms with Gasteiger partial charge in [0.2, 0.25) is 0 Å². The van der Waals surface area contributed by atoms with Gasteiger partial charge in [0.05, 0.1) is 12.5 Å². The van der Waals surface area contributed by atoms with Crippen LogP contribution in [0.4, 0.5) is 0 Å². The van der Waals surface area contributed by atoms with Crippen LogP contribution in [-0.4, -0.2) is 7.11 Å². The van der Waals surface area contributed by atoms with E-state index >= 15 is 0 Å². The van der Waals surface area contributed by atoms with Crippen LogP contribution < -0.4 is 4.74 Å². The molecule has 0 saturated carbocycles. The van der Waals surface area contributed by atoms with Crippen molar-refractivity contribution < 1.29 is 4.74 Å². The van der Waals surface area contributed by atoms with Crippen molar-refractivity contribution in [2.75, 3.05) is 7.11 Å². The number of thiophene rings is 1. The summed E-state index contributed by atoms with van der Waals surface area (Å²) in [7, 11) is 1.68. The van der Waals surface area contributed by atoms with Crippen molar-refractivity contribution in [1.29, 1.82) is 0 Å². The van der Waals surface area contributed by atoms with Crippen molar-refractivity contribution in [3.63, 3.8) is 0 Å². The van der Waals surface area contributed by atoms with E-state index in [4.69, 9.17) is 16.3 Å². The molecule has 1 unspecified atom stereocenters. The molecule has 0 fully saturated rings. The molecule has 3 aromatic rings. The number of hydrogen-bond donors (Lipinski definition) is 0. The fourth-order valence-electron chi connectivity index (χ4n) is 2.34. The molecule has 0 amide bonds. The Bertz CT molecular complexity index is 748.